The van der Waals surface area contributed by atoms with Crippen LogP contribution in [-0.2, 0) is 15.0 Å². The number of nitrogens with zero attached hydrogens (tertiary/aromatic N) is 1. The number of amides is 1. The minimum atomic E-state index is -1.44. The molecule has 1 amide bonds. The molecule has 1 aliphatic heterocycles. The maximum absolute atomic E-state index is 11.9. The Labute approximate surface area is 87.1 Å². The number of benzene rings is 1. The van der Waals surface area contributed by atoms with E-state index < -0.39 is 17.3 Å². The van der Waals surface area contributed by atoms with Gasteiger partial charge in [0.05, 0.1) is 0 Å². The Morgan fingerprint density at radius 3 is 2.60 bits per heavy atom. The molecule has 1 unspecified atom stereocenters. The van der Waals surface area contributed by atoms with Crippen LogP contribution in [0.1, 0.15) is 12.5 Å². The van der Waals surface area contributed by atoms with E-state index in [-0.39, 0.29) is 0 Å². The van der Waals surface area contributed by atoms with E-state index in [2.05, 4.69) is 0 Å². The van der Waals surface area contributed by atoms with Gasteiger partial charge in [-0.25, -0.2) is 0 Å². The number of carboxylic acid groups (broad SMARTS) is 1. The highest BCUT2D eigenvalue weighted by atomic mass is 16.4. The fourth-order valence-corrected chi connectivity index (χ4v) is 1.96. The SMILES string of the molecule is CN1C(=O)C(C)(C(=O)O)c2ccccc21. The first-order valence-corrected chi connectivity index (χ1v) is 4.60. The average Bonchev–Trinajstić information content (AvgIpc) is 2.43. The summed E-state index contributed by atoms with van der Waals surface area (Å²) < 4.78 is 0. The Morgan fingerprint density at radius 1 is 1.40 bits per heavy atom. The molecule has 1 heterocycles. The number of hydrogen-bond acceptors (Lipinski definition) is 2. The molecule has 2 rings (SSSR count). The molecule has 0 spiro atoms. The second-order valence-corrected chi connectivity index (χ2v) is 3.81. The predicted molar refractivity (Wildman–Crippen MR) is 54.8 cm³/mol. The van der Waals surface area contributed by atoms with Crippen molar-refractivity contribution in [2.45, 2.75) is 12.3 Å². The summed E-state index contributed by atoms with van der Waals surface area (Å²) in [5, 5.41) is 9.16. The number of fused-ring (bicyclic) bond motifs is 1. The summed E-state index contributed by atoms with van der Waals surface area (Å²) >= 11 is 0. The van der Waals surface area contributed by atoms with Crippen molar-refractivity contribution in [3.05, 3.63) is 29.8 Å². The molecule has 4 heteroatoms. The van der Waals surface area contributed by atoms with E-state index >= 15 is 0 Å². The summed E-state index contributed by atoms with van der Waals surface area (Å²) in [5.41, 5.74) is -0.205. The van der Waals surface area contributed by atoms with Crippen LogP contribution >= 0.6 is 0 Å². The van der Waals surface area contributed by atoms with Gasteiger partial charge in [0, 0.05) is 18.3 Å². The molecular weight excluding hydrogens is 194 g/mol. The first kappa shape index (κ1) is 9.71. The van der Waals surface area contributed by atoms with Gasteiger partial charge in [0.15, 0.2) is 5.41 Å². The molecule has 0 aromatic heterocycles. The van der Waals surface area contributed by atoms with Crippen LogP contribution in [0.25, 0.3) is 0 Å². The topological polar surface area (TPSA) is 57.6 Å². The molecular formula is C11H11NO3. The fourth-order valence-electron chi connectivity index (χ4n) is 1.96. The van der Waals surface area contributed by atoms with E-state index in [1.165, 1.54) is 11.8 Å². The third kappa shape index (κ3) is 1.02. The minimum Gasteiger partial charge on any atom is -0.480 e. The van der Waals surface area contributed by atoms with Crippen molar-refractivity contribution in [2.24, 2.45) is 0 Å². The number of likely N-dealkylation sites (N-methyl/N-ethyl adjacent to an activating group) is 1. The predicted octanol–water partition coefficient (Wildman–Crippen LogP) is 1.01. The lowest BCUT2D eigenvalue weighted by Gasteiger charge is -2.17. The molecule has 4 nitrogen and oxygen atoms in total. The summed E-state index contributed by atoms with van der Waals surface area (Å²) in [6.07, 6.45) is 0. The highest BCUT2D eigenvalue weighted by Gasteiger charge is 2.51. The van der Waals surface area contributed by atoms with Crippen LogP contribution < -0.4 is 4.90 Å². The van der Waals surface area contributed by atoms with Gasteiger partial charge in [0.1, 0.15) is 0 Å². The van der Waals surface area contributed by atoms with E-state index in [0.717, 1.165) is 0 Å². The summed E-state index contributed by atoms with van der Waals surface area (Å²) in [6.45, 7) is 1.44. The molecule has 1 aromatic rings. The smallest absolute Gasteiger partial charge is 0.323 e. The number of carbonyl (C=O) groups excluding carboxylic acids is 1. The van der Waals surface area contributed by atoms with E-state index in [1.807, 2.05) is 0 Å². The lowest BCUT2D eigenvalue weighted by Crippen LogP contribution is -2.42. The van der Waals surface area contributed by atoms with Crippen molar-refractivity contribution in [2.75, 3.05) is 11.9 Å². The first-order chi connectivity index (χ1) is 6.99. The normalized spacial score (nSPS) is 24.1. The molecule has 0 radical (unpaired) electrons. The summed E-state index contributed by atoms with van der Waals surface area (Å²) in [5.74, 6) is -1.50. The number of carbonyl (C=O) groups is 2. The lowest BCUT2D eigenvalue weighted by atomic mass is 9.84. The van der Waals surface area contributed by atoms with Gasteiger partial charge >= 0.3 is 5.97 Å². The van der Waals surface area contributed by atoms with Gasteiger partial charge < -0.3 is 10.0 Å². The minimum absolute atomic E-state index is 0.392. The number of carboxylic acids is 1. The third-order valence-corrected chi connectivity index (χ3v) is 2.96. The largest absolute Gasteiger partial charge is 0.480 e. The van der Waals surface area contributed by atoms with Gasteiger partial charge in [-0.05, 0) is 13.0 Å². The van der Waals surface area contributed by atoms with Crippen LogP contribution in [0.4, 0.5) is 5.69 Å². The van der Waals surface area contributed by atoms with Crippen molar-refractivity contribution < 1.29 is 14.7 Å². The van der Waals surface area contributed by atoms with Gasteiger partial charge in [0.25, 0.3) is 0 Å². The second-order valence-electron chi connectivity index (χ2n) is 3.81. The molecule has 1 aliphatic rings. The zero-order valence-electron chi connectivity index (χ0n) is 8.52. The number of hydrogen-bond donors (Lipinski definition) is 1. The monoisotopic (exact) mass is 205 g/mol. The molecule has 0 saturated carbocycles. The summed E-state index contributed by atoms with van der Waals surface area (Å²) in [4.78, 5) is 24.5. The maximum atomic E-state index is 11.9. The Hall–Kier alpha value is -1.84. The van der Waals surface area contributed by atoms with Crippen LogP contribution in [0.3, 0.4) is 0 Å². The van der Waals surface area contributed by atoms with Gasteiger partial charge in [0.2, 0.25) is 5.91 Å². The van der Waals surface area contributed by atoms with E-state index in [0.29, 0.717) is 11.3 Å². The zero-order valence-corrected chi connectivity index (χ0v) is 8.52. The van der Waals surface area contributed by atoms with Crippen LogP contribution in [0.5, 0.6) is 0 Å². The average molecular weight is 205 g/mol. The molecule has 0 aliphatic carbocycles. The molecule has 78 valence electrons. The van der Waals surface area contributed by atoms with Crippen molar-refractivity contribution in [3.8, 4) is 0 Å². The van der Waals surface area contributed by atoms with Gasteiger partial charge in [-0.15, -0.1) is 0 Å². The maximum Gasteiger partial charge on any atom is 0.323 e. The van der Waals surface area contributed by atoms with Crippen molar-refractivity contribution in [3.63, 3.8) is 0 Å². The third-order valence-electron chi connectivity index (χ3n) is 2.96. The lowest BCUT2D eigenvalue weighted by molar-refractivity contribution is -0.147. The van der Waals surface area contributed by atoms with Gasteiger partial charge in [-0.1, -0.05) is 18.2 Å². The standard InChI is InChI=1S/C11H11NO3/c1-11(10(14)15)7-5-3-4-6-8(7)12(2)9(11)13/h3-6H,1-2H3,(H,14,15). The van der Waals surface area contributed by atoms with Crippen LogP contribution in [0, 0.1) is 0 Å². The molecule has 0 bridgehead atoms. The highest BCUT2D eigenvalue weighted by molar-refractivity contribution is 6.19. The highest BCUT2D eigenvalue weighted by Crippen LogP contribution is 2.40. The van der Waals surface area contributed by atoms with E-state index in [9.17, 15) is 9.59 Å². The van der Waals surface area contributed by atoms with Crippen molar-refractivity contribution in [1.82, 2.24) is 0 Å². The number of anilines is 1. The Bertz CT molecular complexity index is 455. The summed E-state index contributed by atoms with van der Waals surface area (Å²) in [7, 11) is 1.59. The Morgan fingerprint density at radius 2 is 2.00 bits per heavy atom. The molecule has 1 aromatic carbocycles. The van der Waals surface area contributed by atoms with E-state index in [4.69, 9.17) is 5.11 Å². The molecule has 1 N–H and O–H groups in total. The molecule has 0 saturated heterocycles. The second kappa shape index (κ2) is 2.82. The van der Waals surface area contributed by atoms with Crippen LogP contribution in [-0.4, -0.2) is 24.0 Å². The number of para-hydroxylation sites is 1. The van der Waals surface area contributed by atoms with Gasteiger partial charge in [-0.3, -0.25) is 9.59 Å². The number of rotatable bonds is 1. The Balaban J connectivity index is 2.71. The van der Waals surface area contributed by atoms with Crippen molar-refractivity contribution >= 4 is 17.6 Å². The zero-order chi connectivity index (χ0) is 11.2. The molecule has 0 fully saturated rings. The number of aliphatic carboxylic acids is 1. The van der Waals surface area contributed by atoms with E-state index in [1.54, 1.807) is 31.3 Å². The first-order valence-electron chi connectivity index (χ1n) is 4.60. The quantitative estimate of drug-likeness (QED) is 0.696. The van der Waals surface area contributed by atoms with Crippen LogP contribution in [0.2, 0.25) is 0 Å². The fraction of sp³-hybridized carbons (Fsp3) is 0.273. The summed E-state index contributed by atoms with van der Waals surface area (Å²) in [6, 6.07) is 6.97. The van der Waals surface area contributed by atoms with Crippen molar-refractivity contribution in [1.29, 1.82) is 0 Å². The Kier molecular flexibility index (Phi) is 1.83. The van der Waals surface area contributed by atoms with Crippen LogP contribution in [0.15, 0.2) is 24.3 Å². The van der Waals surface area contributed by atoms with Gasteiger partial charge in [-0.2, -0.15) is 0 Å². The molecule has 1 atom stereocenters. The molecule has 15 heavy (non-hydrogen) atoms.